The van der Waals surface area contributed by atoms with Crippen molar-refractivity contribution in [2.24, 2.45) is 0 Å². The fourth-order valence-corrected chi connectivity index (χ4v) is 1.64. The van der Waals surface area contributed by atoms with Crippen LogP contribution in [0.1, 0.15) is 37.4 Å². The molecule has 0 atom stereocenters. The number of aryl methyl sites for hydroxylation is 1. The maximum Gasteiger partial charge on any atom is 0.126 e. The summed E-state index contributed by atoms with van der Waals surface area (Å²) in [6.07, 6.45) is 4.56. The molecule has 0 unspecified atom stereocenters. The largest absolute Gasteiger partial charge is 0.392 e. The zero-order valence-corrected chi connectivity index (χ0v) is 9.16. The second-order valence-electron chi connectivity index (χ2n) is 4.18. The molecule has 82 valence electrons. The molecule has 1 fully saturated rings. The van der Waals surface area contributed by atoms with Crippen molar-refractivity contribution in [1.82, 2.24) is 4.98 Å². The Morgan fingerprint density at radius 1 is 1.47 bits per heavy atom. The number of pyridine rings is 1. The van der Waals surface area contributed by atoms with Crippen LogP contribution in [-0.2, 0) is 13.0 Å². The minimum absolute atomic E-state index is 0.0958. The quantitative estimate of drug-likeness (QED) is 0.775. The van der Waals surface area contributed by atoms with E-state index < -0.39 is 0 Å². The molecule has 0 spiro atoms. The predicted octanol–water partition coefficient (Wildman–Crippen LogP) is 2.10. The molecule has 1 aromatic rings. The van der Waals surface area contributed by atoms with Gasteiger partial charge in [-0.25, -0.2) is 4.98 Å². The molecule has 0 saturated heterocycles. The van der Waals surface area contributed by atoms with Gasteiger partial charge in [-0.2, -0.15) is 0 Å². The van der Waals surface area contributed by atoms with Crippen molar-refractivity contribution in [1.29, 1.82) is 0 Å². The van der Waals surface area contributed by atoms with Gasteiger partial charge < -0.3 is 10.4 Å². The maximum atomic E-state index is 9.15. The van der Waals surface area contributed by atoms with Gasteiger partial charge in [-0.1, -0.05) is 13.3 Å². The highest BCUT2D eigenvalue weighted by atomic mass is 16.3. The lowest BCUT2D eigenvalue weighted by Crippen LogP contribution is -2.05. The molecule has 0 radical (unpaired) electrons. The van der Waals surface area contributed by atoms with Gasteiger partial charge in [-0.3, -0.25) is 0 Å². The van der Waals surface area contributed by atoms with E-state index in [-0.39, 0.29) is 6.61 Å². The topological polar surface area (TPSA) is 45.1 Å². The van der Waals surface area contributed by atoms with Gasteiger partial charge >= 0.3 is 0 Å². The number of nitrogens with zero attached hydrogens (tertiary/aromatic N) is 1. The Morgan fingerprint density at radius 2 is 2.27 bits per heavy atom. The van der Waals surface area contributed by atoms with Crippen molar-refractivity contribution in [2.75, 3.05) is 5.32 Å². The van der Waals surface area contributed by atoms with Crippen LogP contribution in [0.15, 0.2) is 12.1 Å². The monoisotopic (exact) mass is 206 g/mol. The van der Waals surface area contributed by atoms with Crippen LogP contribution >= 0.6 is 0 Å². The molecule has 3 nitrogen and oxygen atoms in total. The van der Waals surface area contributed by atoms with E-state index in [1.807, 2.05) is 12.1 Å². The predicted molar refractivity (Wildman–Crippen MR) is 60.8 cm³/mol. The first-order valence-electron chi connectivity index (χ1n) is 5.69. The molecule has 0 bridgehead atoms. The SMILES string of the molecule is CCCc1cc(CO)cc(NC2CC2)n1. The maximum absolute atomic E-state index is 9.15. The molecular weight excluding hydrogens is 188 g/mol. The first-order valence-corrected chi connectivity index (χ1v) is 5.69. The lowest BCUT2D eigenvalue weighted by molar-refractivity contribution is 0.281. The van der Waals surface area contributed by atoms with E-state index in [2.05, 4.69) is 17.2 Å². The molecule has 1 aromatic heterocycles. The number of aromatic nitrogens is 1. The summed E-state index contributed by atoms with van der Waals surface area (Å²) in [7, 11) is 0. The molecule has 3 heteroatoms. The van der Waals surface area contributed by atoms with Crippen LogP contribution in [-0.4, -0.2) is 16.1 Å². The Morgan fingerprint density at radius 3 is 2.87 bits per heavy atom. The van der Waals surface area contributed by atoms with Crippen LogP contribution in [0.3, 0.4) is 0 Å². The molecular formula is C12H18N2O. The standard InChI is InChI=1S/C12H18N2O/c1-2-3-11-6-9(8-15)7-12(14-11)13-10-4-5-10/h6-7,10,15H,2-5,8H2,1H3,(H,13,14). The van der Waals surface area contributed by atoms with E-state index in [1.165, 1.54) is 12.8 Å². The molecule has 1 aliphatic carbocycles. The van der Waals surface area contributed by atoms with E-state index in [4.69, 9.17) is 5.11 Å². The van der Waals surface area contributed by atoms with Crippen molar-refractivity contribution < 1.29 is 5.11 Å². The minimum Gasteiger partial charge on any atom is -0.392 e. The van der Waals surface area contributed by atoms with E-state index in [0.717, 1.165) is 29.9 Å². The van der Waals surface area contributed by atoms with E-state index in [0.29, 0.717) is 6.04 Å². The number of rotatable bonds is 5. The van der Waals surface area contributed by atoms with Crippen LogP contribution in [0.5, 0.6) is 0 Å². The van der Waals surface area contributed by atoms with Gasteiger partial charge in [0.1, 0.15) is 5.82 Å². The normalized spacial score (nSPS) is 15.3. The fraction of sp³-hybridized carbons (Fsp3) is 0.583. The lowest BCUT2D eigenvalue weighted by atomic mass is 10.1. The zero-order chi connectivity index (χ0) is 10.7. The van der Waals surface area contributed by atoms with Gasteiger partial charge in [0.25, 0.3) is 0 Å². The summed E-state index contributed by atoms with van der Waals surface area (Å²) in [4.78, 5) is 4.53. The summed E-state index contributed by atoms with van der Waals surface area (Å²) in [6, 6.07) is 4.54. The van der Waals surface area contributed by atoms with Crippen LogP contribution in [0.25, 0.3) is 0 Å². The van der Waals surface area contributed by atoms with E-state index >= 15 is 0 Å². The summed E-state index contributed by atoms with van der Waals surface area (Å²) in [5.74, 6) is 0.924. The van der Waals surface area contributed by atoms with Crippen LogP contribution in [0.2, 0.25) is 0 Å². The smallest absolute Gasteiger partial charge is 0.126 e. The Bertz CT molecular complexity index is 334. The van der Waals surface area contributed by atoms with Crippen molar-refractivity contribution >= 4 is 5.82 Å². The molecule has 1 saturated carbocycles. The molecule has 2 rings (SSSR count). The minimum atomic E-state index is 0.0958. The third kappa shape index (κ3) is 2.93. The fourth-order valence-electron chi connectivity index (χ4n) is 1.64. The molecule has 2 N–H and O–H groups in total. The highest BCUT2D eigenvalue weighted by Crippen LogP contribution is 2.24. The molecule has 0 amide bonds. The Hall–Kier alpha value is -1.09. The Kier molecular flexibility index (Phi) is 3.21. The summed E-state index contributed by atoms with van der Waals surface area (Å²) < 4.78 is 0. The van der Waals surface area contributed by atoms with Gasteiger partial charge in [0.15, 0.2) is 0 Å². The van der Waals surface area contributed by atoms with Crippen LogP contribution in [0.4, 0.5) is 5.82 Å². The number of nitrogens with one attached hydrogen (secondary N) is 1. The van der Waals surface area contributed by atoms with Crippen molar-refractivity contribution in [3.63, 3.8) is 0 Å². The van der Waals surface area contributed by atoms with Crippen molar-refractivity contribution in [3.05, 3.63) is 23.4 Å². The van der Waals surface area contributed by atoms with Gasteiger partial charge in [0.05, 0.1) is 6.61 Å². The highest BCUT2D eigenvalue weighted by Gasteiger charge is 2.21. The summed E-state index contributed by atoms with van der Waals surface area (Å²) in [5.41, 5.74) is 2.03. The lowest BCUT2D eigenvalue weighted by Gasteiger charge is -2.08. The number of hydrogen-bond donors (Lipinski definition) is 2. The van der Waals surface area contributed by atoms with Gasteiger partial charge in [0.2, 0.25) is 0 Å². The summed E-state index contributed by atoms with van der Waals surface area (Å²) in [6.45, 7) is 2.24. The van der Waals surface area contributed by atoms with E-state index in [9.17, 15) is 0 Å². The zero-order valence-electron chi connectivity index (χ0n) is 9.16. The van der Waals surface area contributed by atoms with Crippen molar-refractivity contribution in [3.8, 4) is 0 Å². The molecule has 15 heavy (non-hydrogen) atoms. The van der Waals surface area contributed by atoms with Crippen LogP contribution in [0, 0.1) is 0 Å². The average Bonchev–Trinajstić information content (AvgIpc) is 3.02. The number of aliphatic hydroxyl groups is 1. The Labute approximate surface area is 90.5 Å². The summed E-state index contributed by atoms with van der Waals surface area (Å²) >= 11 is 0. The first kappa shape index (κ1) is 10.4. The average molecular weight is 206 g/mol. The first-order chi connectivity index (χ1) is 7.31. The van der Waals surface area contributed by atoms with Gasteiger partial charge in [-0.15, -0.1) is 0 Å². The third-order valence-corrected chi connectivity index (χ3v) is 2.56. The van der Waals surface area contributed by atoms with Gasteiger partial charge in [-0.05, 0) is 37.0 Å². The second kappa shape index (κ2) is 4.62. The van der Waals surface area contributed by atoms with Crippen LogP contribution < -0.4 is 5.32 Å². The van der Waals surface area contributed by atoms with Crippen molar-refractivity contribution in [2.45, 2.75) is 45.3 Å². The molecule has 0 aromatic carbocycles. The number of anilines is 1. The Balaban J connectivity index is 2.15. The highest BCUT2D eigenvalue weighted by molar-refractivity contribution is 5.41. The second-order valence-corrected chi connectivity index (χ2v) is 4.18. The molecule has 1 heterocycles. The number of aliphatic hydroxyl groups excluding tert-OH is 1. The molecule has 1 aliphatic rings. The summed E-state index contributed by atoms with van der Waals surface area (Å²) in [5, 5.41) is 12.5. The molecule has 0 aliphatic heterocycles. The number of hydrogen-bond acceptors (Lipinski definition) is 3. The third-order valence-electron chi connectivity index (χ3n) is 2.56. The van der Waals surface area contributed by atoms with E-state index in [1.54, 1.807) is 0 Å². The van der Waals surface area contributed by atoms with Gasteiger partial charge in [0, 0.05) is 11.7 Å².